The summed E-state index contributed by atoms with van der Waals surface area (Å²) in [5.74, 6) is 0.116. The lowest BCUT2D eigenvalue weighted by Gasteiger charge is -2.18. The largest absolute Gasteiger partial charge is 0.395 e. The second-order valence-corrected chi connectivity index (χ2v) is 4.95. The van der Waals surface area contributed by atoms with Gasteiger partial charge in [-0.05, 0) is 31.2 Å². The molecule has 8 nitrogen and oxygen atoms in total. The second-order valence-electron chi connectivity index (χ2n) is 4.95. The third kappa shape index (κ3) is 3.73. The van der Waals surface area contributed by atoms with E-state index in [4.69, 9.17) is 5.11 Å². The molecule has 22 heavy (non-hydrogen) atoms. The van der Waals surface area contributed by atoms with Crippen LogP contribution in [0.1, 0.15) is 29.1 Å². The van der Waals surface area contributed by atoms with Crippen LogP contribution in [0, 0.1) is 0 Å². The first-order valence-electron chi connectivity index (χ1n) is 6.88. The van der Waals surface area contributed by atoms with Crippen LogP contribution in [-0.4, -0.2) is 46.4 Å². The molecular weight excluding hydrogens is 286 g/mol. The van der Waals surface area contributed by atoms with Crippen molar-refractivity contribution in [2.75, 3.05) is 25.1 Å². The highest BCUT2D eigenvalue weighted by Gasteiger charge is 2.14. The van der Waals surface area contributed by atoms with Crippen LogP contribution in [0.2, 0.25) is 0 Å². The molecule has 2 rings (SSSR count). The molecule has 1 aromatic heterocycles. The smallest absolute Gasteiger partial charge is 0.340 e. The lowest BCUT2D eigenvalue weighted by molar-refractivity contribution is 0.0938. The maximum atomic E-state index is 12.1. The average Bonchev–Trinajstić information content (AvgIpc) is 2.94. The van der Waals surface area contributed by atoms with E-state index in [1.54, 1.807) is 19.1 Å². The molecule has 2 aromatic rings. The summed E-state index contributed by atoms with van der Waals surface area (Å²) in [5.41, 5.74) is 1.01. The molecule has 0 aliphatic heterocycles. The van der Waals surface area contributed by atoms with Gasteiger partial charge in [0.05, 0.1) is 12.6 Å². The molecule has 1 aromatic carbocycles. The SMILES string of the molecule is CC(NC(=O)c1ccc(N(C)CCO)cc1)c1n[nH]c(=O)[nH]1. The highest BCUT2D eigenvalue weighted by molar-refractivity contribution is 5.94. The number of rotatable bonds is 6. The van der Waals surface area contributed by atoms with Crippen molar-refractivity contribution in [3.63, 3.8) is 0 Å². The van der Waals surface area contributed by atoms with E-state index in [1.165, 1.54) is 0 Å². The fraction of sp³-hybridized carbons (Fsp3) is 0.357. The molecule has 4 N–H and O–H groups in total. The van der Waals surface area contributed by atoms with Gasteiger partial charge in [-0.15, -0.1) is 0 Å². The van der Waals surface area contributed by atoms with Crippen molar-refractivity contribution in [2.24, 2.45) is 0 Å². The average molecular weight is 305 g/mol. The Balaban J connectivity index is 2.02. The first-order chi connectivity index (χ1) is 10.5. The van der Waals surface area contributed by atoms with Gasteiger partial charge in [0.25, 0.3) is 5.91 Å². The molecule has 0 radical (unpaired) electrons. The minimum atomic E-state index is -0.414. The normalized spacial score (nSPS) is 12.0. The number of carbonyl (C=O) groups excluding carboxylic acids is 1. The fourth-order valence-corrected chi connectivity index (χ4v) is 1.98. The monoisotopic (exact) mass is 305 g/mol. The molecule has 1 amide bonds. The Bertz CT molecular complexity index is 676. The van der Waals surface area contributed by atoms with Crippen LogP contribution >= 0.6 is 0 Å². The van der Waals surface area contributed by atoms with Gasteiger partial charge in [-0.25, -0.2) is 9.89 Å². The number of aromatic nitrogens is 3. The van der Waals surface area contributed by atoms with Gasteiger partial charge in [-0.1, -0.05) is 0 Å². The van der Waals surface area contributed by atoms with Crippen molar-refractivity contribution < 1.29 is 9.90 Å². The summed E-state index contributed by atoms with van der Waals surface area (Å²) in [6.07, 6.45) is 0. The zero-order valence-electron chi connectivity index (χ0n) is 12.5. The van der Waals surface area contributed by atoms with Crippen LogP contribution < -0.4 is 15.9 Å². The molecule has 1 atom stereocenters. The number of likely N-dealkylation sites (N-methyl/N-ethyl adjacent to an activating group) is 1. The van der Waals surface area contributed by atoms with E-state index in [1.807, 2.05) is 24.1 Å². The summed E-state index contributed by atoms with van der Waals surface area (Å²) < 4.78 is 0. The standard InChI is InChI=1S/C14H19N5O3/c1-9(12-16-14(22)18-17-12)15-13(21)10-3-5-11(6-4-10)19(2)7-8-20/h3-6,9,20H,7-8H2,1-2H3,(H,15,21)(H2,16,17,18,22). The number of amides is 1. The van der Waals surface area contributed by atoms with Gasteiger partial charge < -0.3 is 15.3 Å². The van der Waals surface area contributed by atoms with Crippen molar-refractivity contribution in [3.05, 3.63) is 46.1 Å². The van der Waals surface area contributed by atoms with E-state index in [9.17, 15) is 9.59 Å². The molecule has 0 spiro atoms. The Morgan fingerprint density at radius 3 is 2.64 bits per heavy atom. The Labute approximate surface area is 127 Å². The summed E-state index contributed by atoms with van der Waals surface area (Å²) in [5, 5.41) is 17.7. The number of anilines is 1. The number of benzene rings is 1. The number of aliphatic hydroxyl groups excluding tert-OH is 1. The first-order valence-corrected chi connectivity index (χ1v) is 6.88. The van der Waals surface area contributed by atoms with E-state index in [-0.39, 0.29) is 12.5 Å². The van der Waals surface area contributed by atoms with Crippen molar-refractivity contribution in [1.29, 1.82) is 0 Å². The zero-order chi connectivity index (χ0) is 16.1. The predicted octanol–water partition coefficient (Wildman–Crippen LogP) is 0.0175. The predicted molar refractivity (Wildman–Crippen MR) is 81.9 cm³/mol. The van der Waals surface area contributed by atoms with E-state index < -0.39 is 11.7 Å². The molecule has 1 heterocycles. The molecule has 0 saturated carbocycles. The van der Waals surface area contributed by atoms with Crippen molar-refractivity contribution in [2.45, 2.75) is 13.0 Å². The van der Waals surface area contributed by atoms with Gasteiger partial charge in [-0.3, -0.25) is 9.78 Å². The highest BCUT2D eigenvalue weighted by atomic mass is 16.3. The fourth-order valence-electron chi connectivity index (χ4n) is 1.98. The minimum Gasteiger partial charge on any atom is -0.395 e. The summed E-state index contributed by atoms with van der Waals surface area (Å²) in [7, 11) is 1.86. The third-order valence-electron chi connectivity index (χ3n) is 3.28. The Morgan fingerprint density at radius 1 is 1.41 bits per heavy atom. The van der Waals surface area contributed by atoms with E-state index in [2.05, 4.69) is 20.5 Å². The third-order valence-corrected chi connectivity index (χ3v) is 3.28. The summed E-state index contributed by atoms with van der Waals surface area (Å²) >= 11 is 0. The number of H-pyrrole nitrogens is 2. The van der Waals surface area contributed by atoms with Gasteiger partial charge >= 0.3 is 5.69 Å². The Kier molecular flexibility index (Phi) is 4.95. The number of nitrogens with one attached hydrogen (secondary N) is 3. The van der Waals surface area contributed by atoms with Crippen molar-refractivity contribution in [3.8, 4) is 0 Å². The molecule has 118 valence electrons. The van der Waals surface area contributed by atoms with Crippen LogP contribution in [0.25, 0.3) is 0 Å². The number of aromatic amines is 2. The number of aliphatic hydroxyl groups is 1. The van der Waals surface area contributed by atoms with Crippen molar-refractivity contribution in [1.82, 2.24) is 20.5 Å². The molecular formula is C14H19N5O3. The molecule has 0 aliphatic carbocycles. The molecule has 0 saturated heterocycles. The highest BCUT2D eigenvalue weighted by Crippen LogP contribution is 2.14. The Morgan fingerprint density at radius 2 is 2.09 bits per heavy atom. The van der Waals surface area contributed by atoms with Gasteiger partial charge in [-0.2, -0.15) is 5.10 Å². The van der Waals surface area contributed by atoms with E-state index in [0.29, 0.717) is 17.9 Å². The van der Waals surface area contributed by atoms with Crippen molar-refractivity contribution >= 4 is 11.6 Å². The van der Waals surface area contributed by atoms with Crippen LogP contribution in [0.3, 0.4) is 0 Å². The number of hydrogen-bond donors (Lipinski definition) is 4. The lowest BCUT2D eigenvalue weighted by Crippen LogP contribution is -2.27. The van der Waals surface area contributed by atoms with Gasteiger partial charge in [0.1, 0.15) is 0 Å². The number of nitrogens with zero attached hydrogens (tertiary/aromatic N) is 2. The Hall–Kier alpha value is -2.61. The zero-order valence-corrected chi connectivity index (χ0v) is 12.5. The van der Waals surface area contributed by atoms with Crippen LogP contribution in [0.4, 0.5) is 5.69 Å². The maximum absolute atomic E-state index is 12.1. The number of hydrogen-bond acceptors (Lipinski definition) is 5. The second kappa shape index (κ2) is 6.90. The molecule has 8 heteroatoms. The van der Waals surface area contributed by atoms with E-state index in [0.717, 1.165) is 5.69 Å². The lowest BCUT2D eigenvalue weighted by atomic mass is 10.1. The van der Waals surface area contributed by atoms with E-state index >= 15 is 0 Å². The number of carbonyl (C=O) groups is 1. The molecule has 0 fully saturated rings. The molecule has 0 aliphatic rings. The van der Waals surface area contributed by atoms with Gasteiger partial charge in [0, 0.05) is 24.8 Å². The maximum Gasteiger partial charge on any atom is 0.340 e. The van der Waals surface area contributed by atoms with Gasteiger partial charge in [0.15, 0.2) is 5.82 Å². The van der Waals surface area contributed by atoms with Crippen LogP contribution in [0.15, 0.2) is 29.1 Å². The van der Waals surface area contributed by atoms with Gasteiger partial charge in [0.2, 0.25) is 0 Å². The quantitative estimate of drug-likeness (QED) is 0.600. The van der Waals surface area contributed by atoms with Crippen LogP contribution in [-0.2, 0) is 0 Å². The molecule has 0 bridgehead atoms. The first kappa shape index (κ1) is 15.8. The topological polar surface area (TPSA) is 114 Å². The van der Waals surface area contributed by atoms with Crippen LogP contribution in [0.5, 0.6) is 0 Å². The molecule has 1 unspecified atom stereocenters. The summed E-state index contributed by atoms with van der Waals surface area (Å²) in [6, 6.07) is 6.62. The summed E-state index contributed by atoms with van der Waals surface area (Å²) in [6.45, 7) is 2.32. The summed E-state index contributed by atoms with van der Waals surface area (Å²) in [4.78, 5) is 27.5. The minimum absolute atomic E-state index is 0.0676.